The average molecular weight is 225 g/mol. The standard InChI is InChI=1S/C13H23NO2/c15-13-10-2-1-3-11(13)12(5-4-10)14-6-8-16-9-7-14/h10-13,15H,1-9H2/t10-,11+,12+,13?/m0/s1. The van der Waals surface area contributed by atoms with Crippen LogP contribution in [0.5, 0.6) is 0 Å². The summed E-state index contributed by atoms with van der Waals surface area (Å²) < 4.78 is 5.42. The SMILES string of the molecule is OC1[C@H]2CCC[C@@H]1[C@H](N1CCOCC1)CC2. The van der Waals surface area contributed by atoms with Crippen molar-refractivity contribution in [1.29, 1.82) is 0 Å². The summed E-state index contributed by atoms with van der Waals surface area (Å²) in [5, 5.41) is 10.3. The molecule has 3 aliphatic rings. The molecule has 3 heteroatoms. The number of ether oxygens (including phenoxy) is 1. The van der Waals surface area contributed by atoms with E-state index in [2.05, 4.69) is 4.90 Å². The molecule has 0 aromatic rings. The smallest absolute Gasteiger partial charge is 0.0611 e. The molecule has 2 saturated carbocycles. The Morgan fingerprint density at radius 3 is 2.62 bits per heavy atom. The van der Waals surface area contributed by atoms with E-state index in [1.165, 1.54) is 32.1 Å². The van der Waals surface area contributed by atoms with Crippen LogP contribution in [0.15, 0.2) is 0 Å². The Labute approximate surface area is 97.8 Å². The third-order valence-corrected chi connectivity index (χ3v) is 4.88. The third-order valence-electron chi connectivity index (χ3n) is 4.88. The fraction of sp³-hybridized carbons (Fsp3) is 1.00. The van der Waals surface area contributed by atoms with Crippen molar-refractivity contribution in [3.8, 4) is 0 Å². The van der Waals surface area contributed by atoms with Crippen molar-refractivity contribution in [1.82, 2.24) is 4.90 Å². The molecule has 92 valence electrons. The Morgan fingerprint density at radius 2 is 1.81 bits per heavy atom. The Morgan fingerprint density at radius 1 is 1.00 bits per heavy atom. The van der Waals surface area contributed by atoms with Crippen molar-refractivity contribution in [2.45, 2.75) is 44.2 Å². The van der Waals surface area contributed by atoms with Crippen molar-refractivity contribution in [2.75, 3.05) is 26.3 Å². The average Bonchev–Trinajstić information content (AvgIpc) is 2.30. The molecule has 1 aliphatic heterocycles. The summed E-state index contributed by atoms with van der Waals surface area (Å²) >= 11 is 0. The van der Waals surface area contributed by atoms with Crippen LogP contribution >= 0.6 is 0 Å². The normalized spacial score (nSPS) is 45.6. The number of nitrogens with zero attached hydrogens (tertiary/aromatic N) is 1. The summed E-state index contributed by atoms with van der Waals surface area (Å²) in [5.41, 5.74) is 0. The highest BCUT2D eigenvalue weighted by molar-refractivity contribution is 4.95. The minimum Gasteiger partial charge on any atom is -0.392 e. The zero-order chi connectivity index (χ0) is 11.0. The van der Waals surface area contributed by atoms with Crippen LogP contribution in [0.25, 0.3) is 0 Å². The van der Waals surface area contributed by atoms with Gasteiger partial charge in [-0.2, -0.15) is 0 Å². The molecule has 1 N–H and O–H groups in total. The van der Waals surface area contributed by atoms with E-state index in [0.717, 1.165) is 26.3 Å². The van der Waals surface area contributed by atoms with E-state index < -0.39 is 0 Å². The van der Waals surface area contributed by atoms with Gasteiger partial charge >= 0.3 is 0 Å². The molecular formula is C13H23NO2. The molecular weight excluding hydrogens is 202 g/mol. The van der Waals surface area contributed by atoms with E-state index in [4.69, 9.17) is 4.74 Å². The van der Waals surface area contributed by atoms with Crippen LogP contribution in [0, 0.1) is 11.8 Å². The van der Waals surface area contributed by atoms with Crippen molar-refractivity contribution in [3.05, 3.63) is 0 Å². The molecule has 16 heavy (non-hydrogen) atoms. The Kier molecular flexibility index (Phi) is 3.18. The maximum Gasteiger partial charge on any atom is 0.0611 e. The minimum atomic E-state index is -0.0182. The van der Waals surface area contributed by atoms with Gasteiger partial charge in [-0.1, -0.05) is 6.42 Å². The molecule has 1 saturated heterocycles. The number of fused-ring (bicyclic) bond motifs is 2. The molecule has 3 fully saturated rings. The van der Waals surface area contributed by atoms with Crippen molar-refractivity contribution < 1.29 is 9.84 Å². The molecule has 0 radical (unpaired) electrons. The summed E-state index contributed by atoms with van der Waals surface area (Å²) in [6.45, 7) is 3.89. The van der Waals surface area contributed by atoms with Gasteiger partial charge in [0.05, 0.1) is 19.3 Å². The second kappa shape index (κ2) is 4.63. The maximum absolute atomic E-state index is 10.3. The van der Waals surface area contributed by atoms with Crippen molar-refractivity contribution in [3.63, 3.8) is 0 Å². The Hall–Kier alpha value is -0.120. The van der Waals surface area contributed by atoms with Gasteiger partial charge in [0.1, 0.15) is 0 Å². The van der Waals surface area contributed by atoms with Crippen LogP contribution in [0.2, 0.25) is 0 Å². The van der Waals surface area contributed by atoms with Gasteiger partial charge in [-0.05, 0) is 31.6 Å². The zero-order valence-corrected chi connectivity index (χ0v) is 9.98. The van der Waals surface area contributed by atoms with Gasteiger partial charge in [-0.15, -0.1) is 0 Å². The lowest BCUT2D eigenvalue weighted by atomic mass is 9.67. The number of hydrogen-bond donors (Lipinski definition) is 1. The molecule has 2 bridgehead atoms. The molecule has 1 unspecified atom stereocenters. The summed E-state index contributed by atoms with van der Waals surface area (Å²) in [6.07, 6.45) is 6.34. The first-order chi connectivity index (χ1) is 7.86. The molecule has 0 spiro atoms. The Bertz CT molecular complexity index is 240. The van der Waals surface area contributed by atoms with E-state index in [9.17, 15) is 5.11 Å². The predicted molar refractivity (Wildman–Crippen MR) is 62.3 cm³/mol. The van der Waals surface area contributed by atoms with Crippen molar-refractivity contribution >= 4 is 0 Å². The first-order valence-corrected chi connectivity index (χ1v) is 6.86. The molecule has 0 aromatic heterocycles. The van der Waals surface area contributed by atoms with Crippen LogP contribution in [-0.2, 0) is 4.74 Å². The lowest BCUT2D eigenvalue weighted by Crippen LogP contribution is -2.54. The highest BCUT2D eigenvalue weighted by Gasteiger charge is 2.42. The topological polar surface area (TPSA) is 32.7 Å². The fourth-order valence-electron chi connectivity index (χ4n) is 4.00. The van der Waals surface area contributed by atoms with Gasteiger partial charge in [-0.25, -0.2) is 0 Å². The zero-order valence-electron chi connectivity index (χ0n) is 9.98. The van der Waals surface area contributed by atoms with Crippen LogP contribution in [-0.4, -0.2) is 48.5 Å². The summed E-state index contributed by atoms with van der Waals surface area (Å²) in [5.74, 6) is 1.15. The lowest BCUT2D eigenvalue weighted by molar-refractivity contribution is -0.0827. The molecule has 3 nitrogen and oxygen atoms in total. The van der Waals surface area contributed by atoms with Gasteiger partial charge in [0, 0.05) is 25.0 Å². The highest BCUT2D eigenvalue weighted by Crippen LogP contribution is 2.42. The molecule has 0 amide bonds. The molecule has 0 aromatic carbocycles. The second-order valence-electron chi connectivity index (χ2n) is 5.64. The molecule has 2 aliphatic carbocycles. The summed E-state index contributed by atoms with van der Waals surface area (Å²) in [6, 6.07) is 0.635. The van der Waals surface area contributed by atoms with Crippen LogP contribution in [0.4, 0.5) is 0 Å². The number of morpholine rings is 1. The van der Waals surface area contributed by atoms with Gasteiger partial charge in [0.15, 0.2) is 0 Å². The van der Waals surface area contributed by atoms with E-state index in [1.54, 1.807) is 0 Å². The van der Waals surface area contributed by atoms with Crippen LogP contribution in [0.3, 0.4) is 0 Å². The van der Waals surface area contributed by atoms with E-state index >= 15 is 0 Å². The number of rotatable bonds is 1. The van der Waals surface area contributed by atoms with E-state index in [0.29, 0.717) is 17.9 Å². The first-order valence-electron chi connectivity index (χ1n) is 6.86. The summed E-state index contributed by atoms with van der Waals surface area (Å²) in [4.78, 5) is 2.57. The van der Waals surface area contributed by atoms with Gasteiger partial charge in [0.25, 0.3) is 0 Å². The second-order valence-corrected chi connectivity index (χ2v) is 5.64. The minimum absolute atomic E-state index is 0.0182. The van der Waals surface area contributed by atoms with Gasteiger partial charge < -0.3 is 9.84 Å². The summed E-state index contributed by atoms with van der Waals surface area (Å²) in [7, 11) is 0. The van der Waals surface area contributed by atoms with Gasteiger partial charge in [-0.3, -0.25) is 4.90 Å². The quantitative estimate of drug-likeness (QED) is 0.729. The van der Waals surface area contributed by atoms with Crippen LogP contribution in [0.1, 0.15) is 32.1 Å². The molecule has 1 heterocycles. The largest absolute Gasteiger partial charge is 0.392 e. The van der Waals surface area contributed by atoms with Gasteiger partial charge in [0.2, 0.25) is 0 Å². The van der Waals surface area contributed by atoms with Crippen LogP contribution < -0.4 is 0 Å². The fourth-order valence-corrected chi connectivity index (χ4v) is 4.00. The highest BCUT2D eigenvalue weighted by atomic mass is 16.5. The Balaban J connectivity index is 1.69. The van der Waals surface area contributed by atoms with Crippen molar-refractivity contribution in [2.24, 2.45) is 11.8 Å². The third kappa shape index (κ3) is 1.89. The molecule has 4 atom stereocenters. The van der Waals surface area contributed by atoms with E-state index in [-0.39, 0.29) is 6.10 Å². The molecule has 3 rings (SSSR count). The lowest BCUT2D eigenvalue weighted by Gasteiger charge is -2.49. The number of aliphatic hydroxyl groups excluding tert-OH is 1. The number of aliphatic hydroxyl groups is 1. The monoisotopic (exact) mass is 225 g/mol. The maximum atomic E-state index is 10.3. The first kappa shape index (κ1) is 11.0. The van der Waals surface area contributed by atoms with E-state index in [1.807, 2.05) is 0 Å². The predicted octanol–water partition coefficient (Wildman–Crippen LogP) is 1.26. The number of hydrogen-bond acceptors (Lipinski definition) is 3.